The molecule has 0 amide bonds. The average Bonchev–Trinajstić information content (AvgIpc) is 3.01. The molecule has 0 bridgehead atoms. The van der Waals surface area contributed by atoms with Crippen LogP contribution in [0.25, 0.3) is 10.1 Å². The van der Waals surface area contributed by atoms with E-state index in [9.17, 15) is 0 Å². The van der Waals surface area contributed by atoms with E-state index < -0.39 is 0 Å². The molecule has 0 aliphatic heterocycles. The van der Waals surface area contributed by atoms with Crippen molar-refractivity contribution in [2.24, 2.45) is 5.73 Å². The first kappa shape index (κ1) is 14.1. The Balaban J connectivity index is 1.71. The zero-order valence-corrected chi connectivity index (χ0v) is 12.9. The van der Waals surface area contributed by atoms with E-state index in [1.165, 1.54) is 21.2 Å². The Bertz CT molecular complexity index is 717. The molecule has 0 saturated heterocycles. The van der Waals surface area contributed by atoms with Crippen molar-refractivity contribution in [1.82, 2.24) is 0 Å². The molecule has 0 spiro atoms. The van der Waals surface area contributed by atoms with E-state index in [0.29, 0.717) is 0 Å². The Morgan fingerprint density at radius 3 is 2.67 bits per heavy atom. The lowest BCUT2D eigenvalue weighted by molar-refractivity contribution is 0.414. The average molecular weight is 297 g/mol. The van der Waals surface area contributed by atoms with Crippen molar-refractivity contribution in [3.05, 3.63) is 65.0 Å². The number of hydrogen-bond donors (Lipinski definition) is 1. The highest BCUT2D eigenvalue weighted by Gasteiger charge is 2.10. The highest BCUT2D eigenvalue weighted by Crippen LogP contribution is 2.30. The molecule has 0 aliphatic carbocycles. The quantitative estimate of drug-likeness (QED) is 0.750. The second kappa shape index (κ2) is 6.29. The minimum absolute atomic E-state index is 0.0782. The third-order valence-corrected chi connectivity index (χ3v) is 4.79. The number of nitrogens with two attached hydrogens (primary N) is 1. The second-order valence-electron chi connectivity index (χ2n) is 5.18. The molecule has 0 saturated carbocycles. The van der Waals surface area contributed by atoms with E-state index in [1.54, 1.807) is 18.4 Å². The van der Waals surface area contributed by atoms with E-state index in [0.717, 1.165) is 18.6 Å². The number of thiophene rings is 1. The fourth-order valence-electron chi connectivity index (χ4n) is 2.58. The molecule has 0 radical (unpaired) electrons. The highest BCUT2D eigenvalue weighted by molar-refractivity contribution is 7.17. The summed E-state index contributed by atoms with van der Waals surface area (Å²) in [6.45, 7) is 0. The van der Waals surface area contributed by atoms with Gasteiger partial charge < -0.3 is 10.5 Å². The Kier molecular flexibility index (Phi) is 4.23. The van der Waals surface area contributed by atoms with Gasteiger partial charge in [-0.3, -0.25) is 0 Å². The van der Waals surface area contributed by atoms with Gasteiger partial charge in [0, 0.05) is 10.7 Å². The predicted molar refractivity (Wildman–Crippen MR) is 90.1 cm³/mol. The number of rotatable bonds is 5. The zero-order chi connectivity index (χ0) is 14.7. The number of aryl methyl sites for hydroxylation is 1. The molecule has 2 nitrogen and oxygen atoms in total. The zero-order valence-electron chi connectivity index (χ0n) is 12.1. The SMILES string of the molecule is COc1ccc(CCC(N)c2cccc3ccsc23)cc1. The Morgan fingerprint density at radius 1 is 1.10 bits per heavy atom. The van der Waals surface area contributed by atoms with Crippen molar-refractivity contribution in [2.45, 2.75) is 18.9 Å². The van der Waals surface area contributed by atoms with Crippen molar-refractivity contribution in [2.75, 3.05) is 7.11 Å². The van der Waals surface area contributed by atoms with Crippen LogP contribution in [0.15, 0.2) is 53.9 Å². The van der Waals surface area contributed by atoms with Gasteiger partial charge in [-0.2, -0.15) is 0 Å². The summed E-state index contributed by atoms with van der Waals surface area (Å²) in [7, 11) is 1.69. The molecule has 1 unspecified atom stereocenters. The summed E-state index contributed by atoms with van der Waals surface area (Å²) >= 11 is 1.77. The summed E-state index contributed by atoms with van der Waals surface area (Å²) < 4.78 is 6.50. The van der Waals surface area contributed by atoms with Crippen LogP contribution in [0.3, 0.4) is 0 Å². The van der Waals surface area contributed by atoms with Gasteiger partial charge in [-0.1, -0.05) is 30.3 Å². The van der Waals surface area contributed by atoms with E-state index in [4.69, 9.17) is 10.5 Å². The predicted octanol–water partition coefficient (Wildman–Crippen LogP) is 4.54. The van der Waals surface area contributed by atoms with E-state index in [-0.39, 0.29) is 6.04 Å². The van der Waals surface area contributed by atoms with Crippen LogP contribution in [0.4, 0.5) is 0 Å². The van der Waals surface area contributed by atoms with Gasteiger partial charge in [0.2, 0.25) is 0 Å². The van der Waals surface area contributed by atoms with Crippen LogP contribution in [0, 0.1) is 0 Å². The highest BCUT2D eigenvalue weighted by atomic mass is 32.1. The van der Waals surface area contributed by atoms with Gasteiger partial charge in [0.15, 0.2) is 0 Å². The maximum Gasteiger partial charge on any atom is 0.118 e. The van der Waals surface area contributed by atoms with E-state index >= 15 is 0 Å². The topological polar surface area (TPSA) is 35.2 Å². The lowest BCUT2D eigenvalue weighted by Gasteiger charge is -2.13. The first-order valence-electron chi connectivity index (χ1n) is 7.12. The lowest BCUT2D eigenvalue weighted by atomic mass is 9.99. The van der Waals surface area contributed by atoms with Gasteiger partial charge in [0.05, 0.1) is 7.11 Å². The molecule has 1 heterocycles. The number of hydrogen-bond acceptors (Lipinski definition) is 3. The van der Waals surface area contributed by atoms with Crippen molar-refractivity contribution in [1.29, 1.82) is 0 Å². The molecule has 3 heteroatoms. The number of methoxy groups -OCH3 is 1. The van der Waals surface area contributed by atoms with Gasteiger partial charge in [-0.25, -0.2) is 0 Å². The molecule has 3 rings (SSSR count). The smallest absolute Gasteiger partial charge is 0.118 e. The molecular weight excluding hydrogens is 278 g/mol. The summed E-state index contributed by atoms with van der Waals surface area (Å²) in [6.07, 6.45) is 1.93. The molecule has 108 valence electrons. The number of fused-ring (bicyclic) bond motifs is 1. The van der Waals surface area contributed by atoms with Crippen molar-refractivity contribution < 1.29 is 4.74 Å². The molecule has 3 aromatic rings. The van der Waals surface area contributed by atoms with Crippen molar-refractivity contribution >= 4 is 21.4 Å². The van der Waals surface area contributed by atoms with Crippen LogP contribution in [0.5, 0.6) is 5.75 Å². The van der Waals surface area contributed by atoms with Crippen LogP contribution in [-0.2, 0) is 6.42 Å². The monoisotopic (exact) mass is 297 g/mol. The fraction of sp³-hybridized carbons (Fsp3) is 0.222. The van der Waals surface area contributed by atoms with Crippen LogP contribution in [0.2, 0.25) is 0 Å². The Morgan fingerprint density at radius 2 is 1.90 bits per heavy atom. The molecule has 21 heavy (non-hydrogen) atoms. The maximum absolute atomic E-state index is 6.41. The van der Waals surface area contributed by atoms with Gasteiger partial charge in [0.1, 0.15) is 5.75 Å². The second-order valence-corrected chi connectivity index (χ2v) is 6.10. The van der Waals surface area contributed by atoms with Crippen LogP contribution in [-0.4, -0.2) is 7.11 Å². The Hall–Kier alpha value is -1.84. The summed E-state index contributed by atoms with van der Waals surface area (Å²) in [5.41, 5.74) is 8.96. The van der Waals surface area contributed by atoms with Gasteiger partial charge in [-0.05, 0) is 52.9 Å². The first-order valence-corrected chi connectivity index (χ1v) is 8.00. The van der Waals surface area contributed by atoms with Crippen LogP contribution >= 0.6 is 11.3 Å². The lowest BCUT2D eigenvalue weighted by Crippen LogP contribution is -2.11. The fourth-order valence-corrected chi connectivity index (χ4v) is 3.56. The minimum Gasteiger partial charge on any atom is -0.497 e. The molecular formula is C18H19NOS. The summed E-state index contributed by atoms with van der Waals surface area (Å²) in [6, 6.07) is 16.8. The minimum atomic E-state index is 0.0782. The van der Waals surface area contributed by atoms with Gasteiger partial charge in [-0.15, -0.1) is 11.3 Å². The third-order valence-electron chi connectivity index (χ3n) is 3.81. The standard InChI is InChI=1S/C18H19NOS/c1-20-15-8-5-13(6-9-15)7-10-17(19)16-4-2-3-14-11-12-21-18(14)16/h2-6,8-9,11-12,17H,7,10,19H2,1H3. The Labute approximate surface area is 129 Å². The molecule has 2 N–H and O–H groups in total. The largest absolute Gasteiger partial charge is 0.497 e. The summed E-state index contributed by atoms with van der Waals surface area (Å²) in [5.74, 6) is 0.895. The van der Waals surface area contributed by atoms with Crippen LogP contribution < -0.4 is 10.5 Å². The maximum atomic E-state index is 6.41. The van der Waals surface area contributed by atoms with Crippen molar-refractivity contribution in [3.8, 4) is 5.75 Å². The molecule has 1 aromatic heterocycles. The summed E-state index contributed by atoms with van der Waals surface area (Å²) in [4.78, 5) is 0. The van der Waals surface area contributed by atoms with Gasteiger partial charge in [0.25, 0.3) is 0 Å². The third kappa shape index (κ3) is 3.09. The van der Waals surface area contributed by atoms with E-state index in [2.05, 4.69) is 41.8 Å². The van der Waals surface area contributed by atoms with Crippen molar-refractivity contribution in [3.63, 3.8) is 0 Å². The molecule has 0 fully saturated rings. The van der Waals surface area contributed by atoms with Gasteiger partial charge >= 0.3 is 0 Å². The molecule has 2 aromatic carbocycles. The summed E-state index contributed by atoms with van der Waals surface area (Å²) in [5, 5.41) is 3.42. The number of benzene rings is 2. The molecule has 1 atom stereocenters. The van der Waals surface area contributed by atoms with Crippen LogP contribution in [0.1, 0.15) is 23.6 Å². The first-order chi connectivity index (χ1) is 10.3. The van der Waals surface area contributed by atoms with E-state index in [1.807, 2.05) is 12.1 Å². The molecule has 0 aliphatic rings. The normalized spacial score (nSPS) is 12.5. The number of ether oxygens (including phenoxy) is 1.